The van der Waals surface area contributed by atoms with Crippen molar-refractivity contribution in [3.05, 3.63) is 64.7 Å². The van der Waals surface area contributed by atoms with Gasteiger partial charge in [0.2, 0.25) is 0 Å². The van der Waals surface area contributed by atoms with Crippen LogP contribution in [0.2, 0.25) is 6.32 Å². The second kappa shape index (κ2) is 12.0. The fraction of sp³-hybridized carbons (Fsp3) is 0.611. The van der Waals surface area contributed by atoms with Gasteiger partial charge < -0.3 is 28.4 Å². The Morgan fingerprint density at radius 2 is 1.82 bits per heavy atom. The summed E-state index contributed by atoms with van der Waals surface area (Å²) in [5.74, 6) is 1.29. The number of hydrogen-bond donors (Lipinski definition) is 0. The Hall–Kier alpha value is -3.04. The maximum absolute atomic E-state index is 13.6. The van der Waals surface area contributed by atoms with Gasteiger partial charge in [0.15, 0.2) is 0 Å². The van der Waals surface area contributed by atoms with Crippen molar-refractivity contribution < 1.29 is 33.1 Å². The van der Waals surface area contributed by atoms with Gasteiger partial charge >= 0.3 is 19.2 Å². The third kappa shape index (κ3) is 6.35. The molecule has 5 atom stereocenters. The molecule has 3 saturated carbocycles. The van der Waals surface area contributed by atoms with Crippen LogP contribution in [0.25, 0.3) is 0 Å². The lowest BCUT2D eigenvalue weighted by Crippen LogP contribution is -2.65. The molecular weight excluding hydrogens is 569 g/mol. The van der Waals surface area contributed by atoms with Crippen molar-refractivity contribution in [3.8, 4) is 5.75 Å². The van der Waals surface area contributed by atoms with Gasteiger partial charge in [0.25, 0.3) is 0 Å². The van der Waals surface area contributed by atoms with Crippen molar-refractivity contribution in [2.45, 2.75) is 110 Å². The highest BCUT2D eigenvalue weighted by atomic mass is 16.7. The highest BCUT2D eigenvalue weighted by molar-refractivity contribution is 6.45. The van der Waals surface area contributed by atoms with Crippen molar-refractivity contribution in [2.24, 2.45) is 17.3 Å². The summed E-state index contributed by atoms with van der Waals surface area (Å²) < 4.78 is 30.9. The zero-order valence-corrected chi connectivity index (χ0v) is 27.9. The maximum atomic E-state index is 13.6. The molecule has 3 aliphatic carbocycles. The first-order chi connectivity index (χ1) is 21.2. The third-order valence-electron chi connectivity index (χ3n) is 10.7. The van der Waals surface area contributed by atoms with Gasteiger partial charge in [-0.1, -0.05) is 50.2 Å². The molecule has 2 aromatic rings. The maximum Gasteiger partial charge on any atom is 0.457 e. The molecule has 0 spiro atoms. The van der Waals surface area contributed by atoms with Crippen LogP contribution < -0.4 is 4.74 Å². The van der Waals surface area contributed by atoms with Crippen molar-refractivity contribution in [3.63, 3.8) is 0 Å². The molecule has 5 fully saturated rings. The lowest BCUT2D eigenvalue weighted by atomic mass is 9.43. The number of ether oxygens (including phenoxy) is 3. The van der Waals surface area contributed by atoms with Gasteiger partial charge in [-0.25, -0.2) is 9.59 Å². The third-order valence-corrected chi connectivity index (χ3v) is 10.7. The fourth-order valence-electron chi connectivity index (χ4n) is 8.01. The van der Waals surface area contributed by atoms with Gasteiger partial charge in [0.1, 0.15) is 29.6 Å². The molecule has 8 nitrogen and oxygen atoms in total. The van der Waals surface area contributed by atoms with Crippen molar-refractivity contribution in [1.29, 1.82) is 0 Å². The van der Waals surface area contributed by atoms with E-state index in [0.717, 1.165) is 23.1 Å². The Labute approximate surface area is 268 Å². The van der Waals surface area contributed by atoms with Crippen molar-refractivity contribution in [2.75, 3.05) is 13.1 Å². The van der Waals surface area contributed by atoms with Crippen LogP contribution in [-0.2, 0) is 31.8 Å². The summed E-state index contributed by atoms with van der Waals surface area (Å²) in [5, 5.41) is 0. The van der Waals surface area contributed by atoms with Crippen LogP contribution in [0.4, 0.5) is 4.79 Å². The number of likely N-dealkylation sites (tertiary alicyclic amines) is 1. The summed E-state index contributed by atoms with van der Waals surface area (Å²) in [6.45, 7) is 15.7. The molecule has 2 aliphatic heterocycles. The predicted molar refractivity (Wildman–Crippen MR) is 172 cm³/mol. The van der Waals surface area contributed by atoms with Crippen molar-refractivity contribution in [1.82, 2.24) is 4.90 Å². The minimum absolute atomic E-state index is 0.148. The van der Waals surface area contributed by atoms with Gasteiger partial charge in [-0.3, -0.25) is 0 Å². The Morgan fingerprint density at radius 3 is 2.53 bits per heavy atom. The van der Waals surface area contributed by atoms with Crippen LogP contribution >= 0.6 is 0 Å². The van der Waals surface area contributed by atoms with Crippen LogP contribution in [-0.4, -0.2) is 60.6 Å². The molecule has 45 heavy (non-hydrogen) atoms. The summed E-state index contributed by atoms with van der Waals surface area (Å²) in [6.07, 6.45) is 3.87. The SMILES string of the molecule is Cc1c(CCB2O[C@@H]3C[C@@H]4C[C@@H](C4(C)C)[C@]3(C)O2)ccc(O[C@H]2CCN(C(=O)OCc3ccccc3)C2)c1C(=O)OC(C)(C)C. The number of carbonyl (C=O) groups is 2. The van der Waals surface area contributed by atoms with Crippen LogP contribution in [0.5, 0.6) is 5.75 Å². The van der Waals surface area contributed by atoms with Crippen LogP contribution in [0.15, 0.2) is 42.5 Å². The summed E-state index contributed by atoms with van der Waals surface area (Å²) in [6, 6.07) is 13.5. The van der Waals surface area contributed by atoms with E-state index in [1.54, 1.807) is 4.90 Å². The van der Waals surface area contributed by atoms with E-state index in [4.69, 9.17) is 23.5 Å². The van der Waals surface area contributed by atoms with Gasteiger partial charge in [0.05, 0.1) is 18.2 Å². The smallest absolute Gasteiger partial charge is 0.457 e. The topological polar surface area (TPSA) is 83.5 Å². The number of hydrogen-bond acceptors (Lipinski definition) is 7. The van der Waals surface area contributed by atoms with E-state index in [2.05, 4.69) is 20.8 Å². The van der Waals surface area contributed by atoms with Crippen LogP contribution in [0, 0.1) is 24.2 Å². The number of nitrogens with zero attached hydrogens (tertiary/aromatic N) is 1. The van der Waals surface area contributed by atoms with Gasteiger partial charge in [0, 0.05) is 13.0 Å². The molecule has 2 heterocycles. The van der Waals surface area contributed by atoms with Crippen molar-refractivity contribution >= 4 is 19.2 Å². The minimum atomic E-state index is -0.658. The molecule has 0 radical (unpaired) electrons. The predicted octanol–water partition coefficient (Wildman–Crippen LogP) is 7.01. The van der Waals surface area contributed by atoms with Gasteiger partial charge in [-0.05, 0) is 100 Å². The number of amides is 1. The fourth-order valence-corrected chi connectivity index (χ4v) is 8.01. The van der Waals surface area contributed by atoms with Gasteiger partial charge in [-0.15, -0.1) is 0 Å². The van der Waals surface area contributed by atoms with E-state index >= 15 is 0 Å². The summed E-state index contributed by atoms with van der Waals surface area (Å²) >= 11 is 0. The minimum Gasteiger partial charge on any atom is -0.488 e. The molecule has 2 aromatic carbocycles. The standard InChI is InChI=1S/C36H48BNO7/c1-23-25(15-17-37-44-30-20-26-19-29(35(26,5)6)36(30,7)45-37)13-14-28(31(23)32(39)43-34(2,3)4)42-27-16-18-38(21-27)33(40)41-22-24-11-9-8-10-12-24/h8-14,26-27,29-30H,15-22H2,1-7H3/t26-,27-,29-,30+,36-/m0/s1. The largest absolute Gasteiger partial charge is 0.488 e. The number of esters is 1. The van der Waals surface area contributed by atoms with E-state index in [-0.39, 0.29) is 37.6 Å². The van der Waals surface area contributed by atoms with Gasteiger partial charge in [-0.2, -0.15) is 0 Å². The first-order valence-corrected chi connectivity index (χ1v) is 16.6. The summed E-state index contributed by atoms with van der Waals surface area (Å²) in [7, 11) is -0.262. The average molecular weight is 618 g/mol. The molecule has 1 amide bonds. The molecular formula is C36H48BNO7. The molecule has 0 N–H and O–H groups in total. The van der Waals surface area contributed by atoms with E-state index in [9.17, 15) is 9.59 Å². The first kappa shape index (κ1) is 31.9. The second-order valence-electron chi connectivity index (χ2n) is 15.2. The van der Waals surface area contributed by atoms with Crippen LogP contribution in [0.3, 0.4) is 0 Å². The molecule has 242 valence electrons. The summed E-state index contributed by atoms with van der Waals surface area (Å²) in [4.78, 5) is 28.0. The zero-order chi connectivity index (χ0) is 32.1. The average Bonchev–Trinajstić information content (AvgIpc) is 3.58. The molecule has 2 saturated heterocycles. The summed E-state index contributed by atoms with van der Waals surface area (Å²) in [5.41, 5.74) is 2.66. The zero-order valence-electron chi connectivity index (χ0n) is 27.9. The highest BCUT2D eigenvalue weighted by Crippen LogP contribution is 2.65. The lowest BCUT2D eigenvalue weighted by Gasteiger charge is -2.64. The lowest BCUT2D eigenvalue weighted by molar-refractivity contribution is -0.199. The highest BCUT2D eigenvalue weighted by Gasteiger charge is 2.67. The number of aryl methyl sites for hydroxylation is 1. The molecule has 0 unspecified atom stereocenters. The molecule has 2 bridgehead atoms. The number of rotatable bonds is 8. The quantitative estimate of drug-likeness (QED) is 0.233. The van der Waals surface area contributed by atoms with E-state index in [1.165, 1.54) is 6.42 Å². The van der Waals surface area contributed by atoms with E-state index in [0.29, 0.717) is 60.8 Å². The second-order valence-corrected chi connectivity index (χ2v) is 15.2. The number of carbonyl (C=O) groups excluding carboxylic acids is 2. The monoisotopic (exact) mass is 617 g/mol. The first-order valence-electron chi connectivity index (χ1n) is 16.6. The Morgan fingerprint density at radius 1 is 1.07 bits per heavy atom. The molecule has 9 heteroatoms. The molecule has 7 rings (SSSR count). The van der Waals surface area contributed by atoms with Crippen LogP contribution in [0.1, 0.15) is 87.9 Å². The Bertz CT molecular complexity index is 1420. The van der Waals surface area contributed by atoms with E-state index in [1.807, 2.05) is 70.2 Å². The molecule has 0 aromatic heterocycles. The Kier molecular flexibility index (Phi) is 8.49. The number of benzene rings is 2. The van der Waals surface area contributed by atoms with E-state index < -0.39 is 11.6 Å². The normalized spacial score (nSPS) is 28.3. The molecule has 5 aliphatic rings. The Balaban J connectivity index is 1.12.